The van der Waals surface area contributed by atoms with Crippen molar-refractivity contribution in [1.82, 2.24) is 14.5 Å². The molecule has 0 unspecified atom stereocenters. The number of imidazole rings is 1. The minimum Gasteiger partial charge on any atom is -0.313 e. The van der Waals surface area contributed by atoms with E-state index in [0.29, 0.717) is 18.0 Å². The molecule has 0 bridgehead atoms. The van der Waals surface area contributed by atoms with Gasteiger partial charge in [-0.1, -0.05) is 32.0 Å². The van der Waals surface area contributed by atoms with Gasteiger partial charge in [-0.2, -0.15) is 0 Å². The molecule has 0 saturated carbocycles. The smallest absolute Gasteiger partial charge is 0.228 e. The second kappa shape index (κ2) is 8.31. The molecule has 0 saturated heterocycles. The number of hydrogen-bond donors (Lipinski definition) is 0. The van der Waals surface area contributed by atoms with Crippen LogP contribution < -0.4 is 0 Å². The van der Waals surface area contributed by atoms with E-state index in [4.69, 9.17) is 0 Å². The van der Waals surface area contributed by atoms with Gasteiger partial charge in [-0.15, -0.1) is 0 Å². The summed E-state index contributed by atoms with van der Waals surface area (Å²) in [5.41, 5.74) is 1.20. The number of nitrogens with zero attached hydrogens (tertiary/aromatic N) is 3. The van der Waals surface area contributed by atoms with Gasteiger partial charge in [-0.05, 0) is 32.9 Å². The van der Waals surface area contributed by atoms with E-state index in [-0.39, 0.29) is 17.5 Å². The van der Waals surface area contributed by atoms with Crippen molar-refractivity contribution in [3.63, 3.8) is 0 Å². The molecule has 144 valence electrons. The highest BCUT2D eigenvalue weighted by atomic mass is 32.2. The van der Waals surface area contributed by atoms with Gasteiger partial charge in [0.15, 0.2) is 0 Å². The molecule has 5 nitrogen and oxygen atoms in total. The third-order valence-electron chi connectivity index (χ3n) is 4.17. The number of hydrogen-bond acceptors (Lipinski definition) is 4. The predicted octanol–water partition coefficient (Wildman–Crippen LogP) is 3.34. The molecule has 2 rings (SSSR count). The van der Waals surface area contributed by atoms with E-state index in [9.17, 15) is 12.8 Å². The number of sulfone groups is 1. The lowest BCUT2D eigenvalue weighted by atomic mass is 10.2. The molecule has 0 aliphatic heterocycles. The summed E-state index contributed by atoms with van der Waals surface area (Å²) < 4.78 is 41.2. The van der Waals surface area contributed by atoms with E-state index >= 15 is 0 Å². The highest BCUT2D eigenvalue weighted by Crippen LogP contribution is 2.21. The Labute approximate surface area is 155 Å². The van der Waals surface area contributed by atoms with Crippen LogP contribution in [0.3, 0.4) is 0 Å². The molecule has 1 aromatic carbocycles. The third-order valence-corrected chi connectivity index (χ3v) is 6.25. The minimum atomic E-state index is -3.57. The van der Waals surface area contributed by atoms with Crippen LogP contribution in [0.4, 0.5) is 4.39 Å². The maximum Gasteiger partial charge on any atom is 0.228 e. The SMILES string of the molecule is CC(C)CN(C)Cc1cnc(S(=O)(=O)C(C)C)n1Cc1ccccc1F. The van der Waals surface area contributed by atoms with Crippen molar-refractivity contribution in [2.45, 2.75) is 51.2 Å². The second-order valence-corrected chi connectivity index (χ2v) is 9.79. The molecule has 0 radical (unpaired) electrons. The van der Waals surface area contributed by atoms with Crippen LogP contribution >= 0.6 is 0 Å². The van der Waals surface area contributed by atoms with Gasteiger partial charge in [0.1, 0.15) is 5.82 Å². The van der Waals surface area contributed by atoms with Gasteiger partial charge in [0.05, 0.1) is 23.7 Å². The number of aromatic nitrogens is 2. The quantitative estimate of drug-likeness (QED) is 0.704. The highest BCUT2D eigenvalue weighted by Gasteiger charge is 2.27. The van der Waals surface area contributed by atoms with Crippen LogP contribution in [0.25, 0.3) is 0 Å². The number of benzene rings is 1. The van der Waals surface area contributed by atoms with Crippen molar-refractivity contribution in [2.24, 2.45) is 5.92 Å². The number of halogens is 1. The first kappa shape index (κ1) is 20.6. The van der Waals surface area contributed by atoms with Crippen LogP contribution in [0.5, 0.6) is 0 Å². The van der Waals surface area contributed by atoms with Gasteiger partial charge < -0.3 is 9.47 Å². The Hall–Kier alpha value is -1.73. The topological polar surface area (TPSA) is 55.2 Å². The van der Waals surface area contributed by atoms with Crippen molar-refractivity contribution in [1.29, 1.82) is 0 Å². The van der Waals surface area contributed by atoms with Crippen LogP contribution in [0, 0.1) is 11.7 Å². The Morgan fingerprint density at radius 2 is 1.85 bits per heavy atom. The molecule has 2 aromatic rings. The molecule has 0 spiro atoms. The molecule has 26 heavy (non-hydrogen) atoms. The minimum absolute atomic E-state index is 0.00343. The van der Waals surface area contributed by atoms with Gasteiger partial charge in [0.25, 0.3) is 0 Å². The molecule has 1 heterocycles. The van der Waals surface area contributed by atoms with Gasteiger partial charge in [-0.25, -0.2) is 17.8 Å². The fourth-order valence-electron chi connectivity index (χ4n) is 2.89. The molecule has 7 heteroatoms. The molecular weight excluding hydrogens is 353 g/mol. The zero-order chi connectivity index (χ0) is 19.5. The molecule has 0 aliphatic rings. The Balaban J connectivity index is 2.46. The largest absolute Gasteiger partial charge is 0.313 e. The summed E-state index contributed by atoms with van der Waals surface area (Å²) in [6.45, 7) is 9.07. The molecule has 0 N–H and O–H groups in total. The summed E-state index contributed by atoms with van der Waals surface area (Å²) in [7, 11) is -1.58. The predicted molar refractivity (Wildman–Crippen MR) is 101 cm³/mol. The van der Waals surface area contributed by atoms with E-state index in [0.717, 1.165) is 12.2 Å². The average Bonchev–Trinajstić information content (AvgIpc) is 2.91. The molecule has 0 amide bonds. The lowest BCUT2D eigenvalue weighted by Crippen LogP contribution is -2.26. The summed E-state index contributed by atoms with van der Waals surface area (Å²) in [6.07, 6.45) is 1.59. The summed E-state index contributed by atoms with van der Waals surface area (Å²) in [4.78, 5) is 6.31. The Kier molecular flexibility index (Phi) is 6.58. The normalized spacial score (nSPS) is 12.5. The van der Waals surface area contributed by atoms with Crippen molar-refractivity contribution in [2.75, 3.05) is 13.6 Å². The maximum absolute atomic E-state index is 14.1. The van der Waals surface area contributed by atoms with Gasteiger partial charge in [-0.3, -0.25) is 0 Å². The monoisotopic (exact) mass is 381 g/mol. The summed E-state index contributed by atoms with van der Waals surface area (Å²) in [5.74, 6) is 0.136. The second-order valence-electron chi connectivity index (χ2n) is 7.39. The van der Waals surface area contributed by atoms with Crippen molar-refractivity contribution >= 4 is 9.84 Å². The summed E-state index contributed by atoms with van der Waals surface area (Å²) in [5, 5.41) is -0.589. The zero-order valence-corrected chi connectivity index (χ0v) is 16.9. The fraction of sp³-hybridized carbons (Fsp3) is 0.526. The van der Waals surface area contributed by atoms with Gasteiger partial charge in [0, 0.05) is 18.7 Å². The fourth-order valence-corrected chi connectivity index (χ4v) is 4.00. The third kappa shape index (κ3) is 4.71. The van der Waals surface area contributed by atoms with Crippen LogP contribution in [0.1, 0.15) is 39.0 Å². The van der Waals surface area contributed by atoms with Crippen molar-refractivity contribution < 1.29 is 12.8 Å². The maximum atomic E-state index is 14.1. The molecule has 0 fully saturated rings. The van der Waals surface area contributed by atoms with Gasteiger partial charge >= 0.3 is 0 Å². The van der Waals surface area contributed by atoms with Crippen LogP contribution in [0.15, 0.2) is 35.6 Å². The first-order valence-corrected chi connectivity index (χ1v) is 10.4. The zero-order valence-electron chi connectivity index (χ0n) is 16.1. The lowest BCUT2D eigenvalue weighted by Gasteiger charge is -2.20. The Morgan fingerprint density at radius 3 is 2.42 bits per heavy atom. The van der Waals surface area contributed by atoms with Crippen molar-refractivity contribution in [3.05, 3.63) is 47.5 Å². The van der Waals surface area contributed by atoms with Gasteiger partial charge in [0.2, 0.25) is 15.0 Å². The van der Waals surface area contributed by atoms with Crippen LogP contribution in [0.2, 0.25) is 0 Å². The molecular formula is C19H28FN3O2S. The highest BCUT2D eigenvalue weighted by molar-refractivity contribution is 7.91. The first-order chi connectivity index (χ1) is 12.1. The summed E-state index contributed by atoms with van der Waals surface area (Å²) in [6, 6.07) is 6.42. The van der Waals surface area contributed by atoms with E-state index in [1.807, 2.05) is 7.05 Å². The van der Waals surface area contributed by atoms with E-state index in [1.54, 1.807) is 42.8 Å². The van der Waals surface area contributed by atoms with Crippen LogP contribution in [-0.2, 0) is 22.9 Å². The number of rotatable bonds is 8. The Bertz CT molecular complexity index is 844. The summed E-state index contributed by atoms with van der Waals surface area (Å²) >= 11 is 0. The van der Waals surface area contributed by atoms with Crippen molar-refractivity contribution in [3.8, 4) is 0 Å². The standard InChI is InChI=1S/C19H28FN3O2S/c1-14(2)11-22(5)13-17-10-21-19(26(24,25)15(3)4)23(17)12-16-8-6-7-9-18(16)20/h6-10,14-15H,11-13H2,1-5H3. The van der Waals surface area contributed by atoms with E-state index in [2.05, 4.69) is 23.7 Å². The lowest BCUT2D eigenvalue weighted by molar-refractivity contribution is 0.280. The average molecular weight is 382 g/mol. The van der Waals surface area contributed by atoms with Crippen LogP contribution in [-0.4, -0.2) is 41.7 Å². The molecule has 0 aliphatic carbocycles. The van der Waals surface area contributed by atoms with E-state index in [1.165, 1.54) is 6.07 Å². The van der Waals surface area contributed by atoms with E-state index < -0.39 is 15.1 Å². The first-order valence-electron chi connectivity index (χ1n) is 8.83. The molecule has 0 atom stereocenters. The molecule has 1 aromatic heterocycles. The Morgan fingerprint density at radius 1 is 1.19 bits per heavy atom.